The zero-order valence-electron chi connectivity index (χ0n) is 10.0. The number of halogens is 2. The molecule has 5 nitrogen and oxygen atoms in total. The van der Waals surface area contributed by atoms with E-state index in [-0.39, 0.29) is 6.42 Å². The highest BCUT2D eigenvalue weighted by Crippen LogP contribution is 2.18. The lowest BCUT2D eigenvalue weighted by Crippen LogP contribution is -2.19. The van der Waals surface area contributed by atoms with E-state index in [4.69, 9.17) is 32.7 Å². The van der Waals surface area contributed by atoms with Crippen LogP contribution in [0.4, 0.5) is 0 Å². The highest BCUT2D eigenvalue weighted by molar-refractivity contribution is 7.94. The van der Waals surface area contributed by atoms with Gasteiger partial charge in [0.15, 0.2) is 9.84 Å². The molecule has 8 heteroatoms. The molecule has 0 N–H and O–H groups in total. The molecule has 0 amide bonds. The molecule has 1 aromatic rings. The van der Waals surface area contributed by atoms with E-state index in [9.17, 15) is 13.2 Å². The fourth-order valence-electron chi connectivity index (χ4n) is 1.14. The van der Waals surface area contributed by atoms with Gasteiger partial charge in [-0.25, -0.2) is 8.42 Å². The van der Waals surface area contributed by atoms with Gasteiger partial charge in [-0.3, -0.25) is 4.79 Å². The predicted molar refractivity (Wildman–Crippen MR) is 72.5 cm³/mol. The molecular weight excluding hydrogens is 315 g/mol. The van der Waals surface area contributed by atoms with Crippen molar-refractivity contribution in [3.63, 3.8) is 0 Å². The molecule has 0 fully saturated rings. The summed E-state index contributed by atoms with van der Waals surface area (Å²) in [5.74, 6) is -0.214. The molecular formula is C11H12Cl2O5S. The Morgan fingerprint density at radius 1 is 1.21 bits per heavy atom. The van der Waals surface area contributed by atoms with E-state index in [1.165, 1.54) is 19.2 Å². The van der Waals surface area contributed by atoms with Crippen LogP contribution >= 0.6 is 23.2 Å². The first-order chi connectivity index (χ1) is 8.85. The SMILES string of the molecule is COc1ccc(OC(=O)CCS(=O)(=O)C(Cl)Cl)cc1. The van der Waals surface area contributed by atoms with Gasteiger partial charge in [0.25, 0.3) is 0 Å². The van der Waals surface area contributed by atoms with Gasteiger partial charge in [-0.05, 0) is 24.3 Å². The Labute approximate surface area is 121 Å². The lowest BCUT2D eigenvalue weighted by Gasteiger charge is -2.06. The number of rotatable bonds is 6. The molecule has 0 bridgehead atoms. The van der Waals surface area contributed by atoms with Gasteiger partial charge in [-0.15, -0.1) is 0 Å². The molecule has 19 heavy (non-hydrogen) atoms. The number of benzene rings is 1. The third-order valence-corrected chi connectivity index (χ3v) is 5.10. The number of sulfone groups is 1. The topological polar surface area (TPSA) is 69.7 Å². The first-order valence-electron chi connectivity index (χ1n) is 5.19. The van der Waals surface area contributed by atoms with Crippen molar-refractivity contribution in [2.45, 2.75) is 10.6 Å². The number of ether oxygens (including phenoxy) is 2. The predicted octanol–water partition coefficient (Wildman–Crippen LogP) is 2.17. The molecule has 1 aromatic carbocycles. The summed E-state index contributed by atoms with van der Waals surface area (Å²) >= 11 is 10.5. The molecule has 0 saturated carbocycles. The highest BCUT2D eigenvalue weighted by atomic mass is 35.5. The summed E-state index contributed by atoms with van der Waals surface area (Å²) in [5.41, 5.74) is 0. The minimum atomic E-state index is -3.69. The van der Waals surface area contributed by atoms with E-state index in [1.807, 2.05) is 0 Å². The van der Waals surface area contributed by atoms with Crippen LogP contribution in [0.1, 0.15) is 6.42 Å². The summed E-state index contributed by atoms with van der Waals surface area (Å²) in [5, 5.41) is 0. The third-order valence-electron chi connectivity index (χ3n) is 2.15. The summed E-state index contributed by atoms with van der Waals surface area (Å²) < 4.78 is 30.9. The smallest absolute Gasteiger partial charge is 0.312 e. The summed E-state index contributed by atoms with van der Waals surface area (Å²) in [7, 11) is -2.17. The Balaban J connectivity index is 2.51. The number of carbonyl (C=O) groups excluding carboxylic acids is 1. The molecule has 0 atom stereocenters. The molecule has 1 rings (SSSR count). The van der Waals surface area contributed by atoms with Gasteiger partial charge in [-0.2, -0.15) is 0 Å². The Hall–Kier alpha value is -0.980. The Bertz CT molecular complexity index is 525. The average Bonchev–Trinajstić information content (AvgIpc) is 2.37. The quantitative estimate of drug-likeness (QED) is 0.455. The minimum Gasteiger partial charge on any atom is -0.497 e. The van der Waals surface area contributed by atoms with Crippen LogP contribution in [0.25, 0.3) is 0 Å². The Kier molecular flexibility index (Phi) is 5.90. The number of esters is 1. The molecule has 0 aliphatic rings. The lowest BCUT2D eigenvalue weighted by atomic mass is 10.3. The molecule has 0 aromatic heterocycles. The number of methoxy groups -OCH3 is 1. The fourth-order valence-corrected chi connectivity index (χ4v) is 2.30. The van der Waals surface area contributed by atoms with Crippen molar-refractivity contribution in [1.82, 2.24) is 0 Å². The van der Waals surface area contributed by atoms with Gasteiger partial charge in [0, 0.05) is 0 Å². The number of carbonyl (C=O) groups is 1. The van der Waals surface area contributed by atoms with Crippen LogP contribution in [0, 0.1) is 0 Å². The zero-order valence-corrected chi connectivity index (χ0v) is 12.3. The van der Waals surface area contributed by atoms with E-state index in [0.717, 1.165) is 0 Å². The number of alkyl halides is 2. The molecule has 0 heterocycles. The molecule has 0 radical (unpaired) electrons. The van der Waals surface area contributed by atoms with E-state index in [0.29, 0.717) is 11.5 Å². The van der Waals surface area contributed by atoms with Crippen LogP contribution in [0.15, 0.2) is 24.3 Å². The first kappa shape index (κ1) is 16.1. The molecule has 0 aliphatic heterocycles. The van der Waals surface area contributed by atoms with Crippen LogP contribution in [0.3, 0.4) is 0 Å². The maximum Gasteiger partial charge on any atom is 0.312 e. The van der Waals surface area contributed by atoms with E-state index in [1.54, 1.807) is 12.1 Å². The second kappa shape index (κ2) is 6.98. The van der Waals surface area contributed by atoms with E-state index in [2.05, 4.69) is 0 Å². The average molecular weight is 327 g/mol. The van der Waals surface area contributed by atoms with Crippen molar-refractivity contribution in [3.8, 4) is 11.5 Å². The molecule has 0 spiro atoms. The molecule has 0 unspecified atom stereocenters. The van der Waals surface area contributed by atoms with Gasteiger partial charge in [-0.1, -0.05) is 23.2 Å². The van der Waals surface area contributed by atoms with Crippen molar-refractivity contribution >= 4 is 39.0 Å². The second-order valence-corrected chi connectivity index (χ2v) is 7.35. The number of hydrogen-bond acceptors (Lipinski definition) is 5. The Morgan fingerprint density at radius 2 is 1.74 bits per heavy atom. The van der Waals surface area contributed by atoms with Crippen molar-refractivity contribution in [2.75, 3.05) is 12.9 Å². The van der Waals surface area contributed by atoms with Crippen molar-refractivity contribution < 1.29 is 22.7 Å². The van der Waals surface area contributed by atoms with Gasteiger partial charge in [0.2, 0.25) is 4.17 Å². The minimum absolute atomic E-state index is 0.302. The van der Waals surface area contributed by atoms with Crippen molar-refractivity contribution in [3.05, 3.63) is 24.3 Å². The standard InChI is InChI=1S/C11H12Cl2O5S/c1-17-8-2-4-9(5-3-8)18-10(14)6-7-19(15,16)11(12)13/h2-5,11H,6-7H2,1H3. The molecule has 106 valence electrons. The lowest BCUT2D eigenvalue weighted by molar-refractivity contribution is -0.133. The maximum atomic E-state index is 11.4. The van der Waals surface area contributed by atoms with Crippen LogP contribution < -0.4 is 9.47 Å². The number of hydrogen-bond donors (Lipinski definition) is 0. The maximum absolute atomic E-state index is 11.4. The van der Waals surface area contributed by atoms with Crippen LogP contribution in [-0.2, 0) is 14.6 Å². The zero-order chi connectivity index (χ0) is 14.5. The van der Waals surface area contributed by atoms with Crippen molar-refractivity contribution in [1.29, 1.82) is 0 Å². The first-order valence-corrected chi connectivity index (χ1v) is 7.78. The van der Waals surface area contributed by atoms with Gasteiger partial charge < -0.3 is 9.47 Å². The largest absolute Gasteiger partial charge is 0.497 e. The summed E-state index contributed by atoms with van der Waals surface area (Å²) in [4.78, 5) is 11.4. The van der Waals surface area contributed by atoms with Crippen LogP contribution in [0.5, 0.6) is 11.5 Å². The second-order valence-electron chi connectivity index (χ2n) is 3.53. The fraction of sp³-hybridized carbons (Fsp3) is 0.364. The van der Waals surface area contributed by atoms with Gasteiger partial charge >= 0.3 is 5.97 Å². The van der Waals surface area contributed by atoms with Gasteiger partial charge in [0.1, 0.15) is 11.5 Å². The normalized spacial score (nSPS) is 11.4. The van der Waals surface area contributed by atoms with Crippen LogP contribution in [0.2, 0.25) is 0 Å². The summed E-state index contributed by atoms with van der Waals surface area (Å²) in [6.07, 6.45) is -0.315. The van der Waals surface area contributed by atoms with E-state index >= 15 is 0 Å². The monoisotopic (exact) mass is 326 g/mol. The molecule has 0 aliphatic carbocycles. The summed E-state index contributed by atoms with van der Waals surface area (Å²) in [6, 6.07) is 6.31. The van der Waals surface area contributed by atoms with Gasteiger partial charge in [0.05, 0.1) is 19.3 Å². The van der Waals surface area contributed by atoms with Crippen molar-refractivity contribution in [2.24, 2.45) is 0 Å². The Morgan fingerprint density at radius 3 is 2.21 bits per heavy atom. The van der Waals surface area contributed by atoms with Crippen LogP contribution in [-0.4, -0.2) is 31.4 Å². The molecule has 0 saturated heterocycles. The van der Waals surface area contributed by atoms with E-state index < -0.39 is 25.7 Å². The third kappa shape index (κ3) is 5.26. The highest BCUT2D eigenvalue weighted by Gasteiger charge is 2.22. The summed E-state index contributed by atoms with van der Waals surface area (Å²) in [6.45, 7) is 0.